The molecular weight excluding hydrogens is 376 g/mol. The van der Waals surface area contributed by atoms with Gasteiger partial charge in [0.1, 0.15) is 17.4 Å². The van der Waals surface area contributed by atoms with Gasteiger partial charge < -0.3 is 4.74 Å². The Labute approximate surface area is 179 Å². The second kappa shape index (κ2) is 9.13. The van der Waals surface area contributed by atoms with Gasteiger partial charge in [-0.05, 0) is 57.4 Å². The van der Waals surface area contributed by atoms with Gasteiger partial charge in [-0.3, -0.25) is 14.6 Å². The van der Waals surface area contributed by atoms with Crippen molar-refractivity contribution in [2.45, 2.75) is 64.5 Å². The number of hydrogen-bond donors (Lipinski definition) is 0. The van der Waals surface area contributed by atoms with Crippen LogP contribution in [0.3, 0.4) is 0 Å². The highest BCUT2D eigenvalue weighted by Gasteiger charge is 2.28. The van der Waals surface area contributed by atoms with E-state index in [1.54, 1.807) is 7.11 Å². The summed E-state index contributed by atoms with van der Waals surface area (Å²) in [6, 6.07) is 8.65. The van der Waals surface area contributed by atoms with Crippen molar-refractivity contribution in [1.29, 1.82) is 0 Å². The molecule has 0 saturated heterocycles. The number of fused-ring (bicyclic) bond motifs is 1. The lowest BCUT2D eigenvalue weighted by Crippen LogP contribution is -2.38. The lowest BCUT2D eigenvalue weighted by molar-refractivity contribution is -0.118. The second-order valence-corrected chi connectivity index (χ2v) is 8.53. The summed E-state index contributed by atoms with van der Waals surface area (Å²) >= 11 is 0. The highest BCUT2D eigenvalue weighted by Crippen LogP contribution is 2.29. The Kier molecular flexibility index (Phi) is 6.32. The Morgan fingerprint density at radius 2 is 2.00 bits per heavy atom. The van der Waals surface area contributed by atoms with E-state index in [1.165, 1.54) is 25.7 Å². The van der Waals surface area contributed by atoms with Crippen LogP contribution >= 0.6 is 0 Å². The summed E-state index contributed by atoms with van der Waals surface area (Å²) in [5, 5.41) is 0. The van der Waals surface area contributed by atoms with Crippen LogP contribution in [0, 0.1) is 6.92 Å². The van der Waals surface area contributed by atoms with E-state index in [0.717, 1.165) is 53.6 Å². The molecule has 4 rings (SSSR count). The summed E-state index contributed by atoms with van der Waals surface area (Å²) in [6.07, 6.45) is 7.15. The third-order valence-corrected chi connectivity index (χ3v) is 6.48. The number of benzene rings is 1. The summed E-state index contributed by atoms with van der Waals surface area (Å²) in [4.78, 5) is 26.7. The van der Waals surface area contributed by atoms with Crippen LogP contribution in [0.5, 0.6) is 5.75 Å². The highest BCUT2D eigenvalue weighted by atomic mass is 16.5. The van der Waals surface area contributed by atoms with Crippen molar-refractivity contribution in [2.75, 3.05) is 25.6 Å². The molecule has 30 heavy (non-hydrogen) atoms. The fraction of sp³-hybridized carbons (Fsp3) is 0.542. The summed E-state index contributed by atoms with van der Waals surface area (Å²) in [5.74, 6) is 2.63. The van der Waals surface area contributed by atoms with E-state index in [9.17, 15) is 4.79 Å². The van der Waals surface area contributed by atoms with E-state index < -0.39 is 0 Å². The van der Waals surface area contributed by atoms with Gasteiger partial charge in [-0.2, -0.15) is 0 Å². The summed E-state index contributed by atoms with van der Waals surface area (Å²) in [5.41, 5.74) is 3.28. The molecule has 1 saturated carbocycles. The van der Waals surface area contributed by atoms with Crippen molar-refractivity contribution < 1.29 is 9.53 Å². The standard InChI is InChI=1S/C24H32N4O2/c1-17-21-11-12-23(29)28(14-13-18-7-6-10-20(15-18)30-3)24(21)26-22(25-17)16-27(2)19-8-4-5-9-19/h6-7,10,15,19H,4-5,8-9,11-14,16H2,1-3H3. The molecule has 1 aromatic heterocycles. The van der Waals surface area contributed by atoms with Gasteiger partial charge in [-0.1, -0.05) is 25.0 Å². The summed E-state index contributed by atoms with van der Waals surface area (Å²) < 4.78 is 5.33. The van der Waals surface area contributed by atoms with Crippen LogP contribution < -0.4 is 9.64 Å². The van der Waals surface area contributed by atoms with Crippen LogP contribution in [-0.4, -0.2) is 47.5 Å². The Morgan fingerprint density at radius 3 is 2.77 bits per heavy atom. The maximum absolute atomic E-state index is 12.8. The van der Waals surface area contributed by atoms with Crippen molar-refractivity contribution in [3.8, 4) is 5.75 Å². The third-order valence-electron chi connectivity index (χ3n) is 6.48. The number of carbonyl (C=O) groups excluding carboxylic acids is 1. The second-order valence-electron chi connectivity index (χ2n) is 8.53. The van der Waals surface area contributed by atoms with E-state index in [0.29, 0.717) is 19.0 Å². The number of ether oxygens (including phenoxy) is 1. The van der Waals surface area contributed by atoms with E-state index in [-0.39, 0.29) is 5.91 Å². The molecular formula is C24H32N4O2. The molecule has 2 heterocycles. The number of carbonyl (C=O) groups is 1. The Hall–Kier alpha value is -2.47. The first-order chi connectivity index (χ1) is 14.5. The predicted octanol–water partition coefficient (Wildman–Crippen LogP) is 3.69. The van der Waals surface area contributed by atoms with E-state index in [2.05, 4.69) is 24.9 Å². The summed E-state index contributed by atoms with van der Waals surface area (Å²) in [6.45, 7) is 3.40. The Bertz CT molecular complexity index is 908. The number of aromatic nitrogens is 2. The van der Waals surface area contributed by atoms with Crippen molar-refractivity contribution >= 4 is 11.7 Å². The van der Waals surface area contributed by atoms with Crippen molar-refractivity contribution in [3.63, 3.8) is 0 Å². The van der Waals surface area contributed by atoms with Crippen LogP contribution in [0.1, 0.15) is 54.7 Å². The minimum Gasteiger partial charge on any atom is -0.497 e. The number of amides is 1. The number of aryl methyl sites for hydroxylation is 1. The van der Waals surface area contributed by atoms with Gasteiger partial charge in [0.2, 0.25) is 5.91 Å². The number of hydrogen-bond acceptors (Lipinski definition) is 5. The number of nitrogens with zero attached hydrogens (tertiary/aromatic N) is 4. The molecule has 0 N–H and O–H groups in total. The normalized spacial score (nSPS) is 16.9. The molecule has 1 aliphatic heterocycles. The molecule has 0 atom stereocenters. The van der Waals surface area contributed by atoms with Crippen LogP contribution in [0.2, 0.25) is 0 Å². The quantitative estimate of drug-likeness (QED) is 0.699. The van der Waals surface area contributed by atoms with Gasteiger partial charge in [0, 0.05) is 30.3 Å². The number of rotatable bonds is 7. The first-order valence-electron chi connectivity index (χ1n) is 11.0. The molecule has 1 amide bonds. The molecule has 1 aliphatic carbocycles. The molecule has 2 aliphatic rings. The maximum Gasteiger partial charge on any atom is 0.228 e. The monoisotopic (exact) mass is 408 g/mol. The number of anilines is 1. The van der Waals surface area contributed by atoms with Crippen LogP contribution in [-0.2, 0) is 24.2 Å². The Morgan fingerprint density at radius 1 is 1.20 bits per heavy atom. The van der Waals surface area contributed by atoms with Crippen LogP contribution in [0.25, 0.3) is 0 Å². The third kappa shape index (κ3) is 4.48. The van der Waals surface area contributed by atoms with Crippen LogP contribution in [0.15, 0.2) is 24.3 Å². The molecule has 6 nitrogen and oxygen atoms in total. The SMILES string of the molecule is COc1cccc(CCN2C(=O)CCc3c(C)nc(CN(C)C4CCCC4)nc32)c1. The average Bonchev–Trinajstić information content (AvgIpc) is 3.28. The fourth-order valence-electron chi connectivity index (χ4n) is 4.71. The van der Waals surface area contributed by atoms with Crippen molar-refractivity contribution in [3.05, 3.63) is 46.9 Å². The molecule has 0 spiro atoms. The molecule has 6 heteroatoms. The summed E-state index contributed by atoms with van der Waals surface area (Å²) in [7, 11) is 3.84. The largest absolute Gasteiger partial charge is 0.497 e. The van der Waals surface area contributed by atoms with Crippen molar-refractivity contribution in [1.82, 2.24) is 14.9 Å². The van der Waals surface area contributed by atoms with Crippen molar-refractivity contribution in [2.24, 2.45) is 0 Å². The zero-order valence-corrected chi connectivity index (χ0v) is 18.4. The molecule has 0 radical (unpaired) electrons. The minimum atomic E-state index is 0.151. The van der Waals surface area contributed by atoms with Crippen LogP contribution in [0.4, 0.5) is 5.82 Å². The van der Waals surface area contributed by atoms with Gasteiger partial charge in [-0.25, -0.2) is 9.97 Å². The zero-order chi connectivity index (χ0) is 21.1. The highest BCUT2D eigenvalue weighted by molar-refractivity contribution is 5.95. The topological polar surface area (TPSA) is 58.6 Å². The fourth-order valence-corrected chi connectivity index (χ4v) is 4.71. The molecule has 1 fully saturated rings. The lowest BCUT2D eigenvalue weighted by Gasteiger charge is -2.30. The van der Waals surface area contributed by atoms with Gasteiger partial charge in [0.05, 0.1) is 13.7 Å². The first kappa shape index (κ1) is 20.8. The lowest BCUT2D eigenvalue weighted by atomic mass is 10.0. The van der Waals surface area contributed by atoms with Gasteiger partial charge >= 0.3 is 0 Å². The first-order valence-corrected chi connectivity index (χ1v) is 11.0. The number of methoxy groups -OCH3 is 1. The molecule has 0 bridgehead atoms. The zero-order valence-electron chi connectivity index (χ0n) is 18.4. The maximum atomic E-state index is 12.8. The molecule has 0 unspecified atom stereocenters. The van der Waals surface area contributed by atoms with E-state index >= 15 is 0 Å². The predicted molar refractivity (Wildman–Crippen MR) is 118 cm³/mol. The Balaban J connectivity index is 1.54. The van der Waals surface area contributed by atoms with Gasteiger partial charge in [0.25, 0.3) is 0 Å². The molecule has 160 valence electrons. The van der Waals surface area contributed by atoms with E-state index in [4.69, 9.17) is 14.7 Å². The minimum absolute atomic E-state index is 0.151. The van der Waals surface area contributed by atoms with Gasteiger partial charge in [-0.15, -0.1) is 0 Å². The molecule has 2 aromatic rings. The smallest absolute Gasteiger partial charge is 0.228 e. The molecule has 1 aromatic carbocycles. The van der Waals surface area contributed by atoms with Gasteiger partial charge in [0.15, 0.2) is 0 Å². The average molecular weight is 409 g/mol. The van der Waals surface area contributed by atoms with E-state index in [1.807, 2.05) is 23.1 Å².